The zero-order chi connectivity index (χ0) is 19.5. The van der Waals surface area contributed by atoms with Gasteiger partial charge in [-0.3, -0.25) is 0 Å². The average Bonchev–Trinajstić information content (AvgIpc) is 3.30. The highest BCUT2D eigenvalue weighted by Crippen LogP contribution is 2.37. The van der Waals surface area contributed by atoms with E-state index < -0.39 is 20.4 Å². The predicted molar refractivity (Wildman–Crippen MR) is 124 cm³/mol. The van der Waals surface area contributed by atoms with Crippen molar-refractivity contribution in [1.82, 2.24) is 0 Å². The molecular formula is C28H22Mg. The van der Waals surface area contributed by atoms with Crippen LogP contribution in [0, 0.1) is 13.8 Å². The summed E-state index contributed by atoms with van der Waals surface area (Å²) in [6, 6.07) is 27.3. The van der Waals surface area contributed by atoms with Crippen molar-refractivity contribution < 1.29 is 0 Å². The lowest BCUT2D eigenvalue weighted by Crippen LogP contribution is -2.35. The predicted octanol–water partition coefficient (Wildman–Crippen LogP) is 5.10. The number of benzene rings is 4. The second kappa shape index (κ2) is 6.58. The van der Waals surface area contributed by atoms with Gasteiger partial charge < -0.3 is 0 Å². The molecule has 0 spiro atoms. The summed E-state index contributed by atoms with van der Waals surface area (Å²) in [5, 5.41) is 0. The molecule has 0 aromatic heterocycles. The van der Waals surface area contributed by atoms with Gasteiger partial charge in [-0.2, -0.15) is 7.39 Å². The molecule has 0 radical (unpaired) electrons. The molecular weight excluding hydrogens is 361 g/mol. The highest BCUT2D eigenvalue weighted by molar-refractivity contribution is 6.69. The third kappa shape index (κ3) is 2.64. The Bertz CT molecular complexity index is 1190. The number of hydrogen-bond acceptors (Lipinski definition) is 0. The van der Waals surface area contributed by atoms with E-state index in [0.717, 1.165) is 12.8 Å². The molecule has 0 bridgehead atoms. The summed E-state index contributed by atoms with van der Waals surface area (Å²) < 4.78 is 3.34. The molecule has 4 aromatic rings. The van der Waals surface area contributed by atoms with Gasteiger partial charge in [0.1, 0.15) is 0 Å². The van der Waals surface area contributed by atoms with Gasteiger partial charge in [-0.25, -0.2) is 0 Å². The maximum Gasteiger partial charge on any atom is 0.452 e. The minimum absolute atomic E-state index is 0.565. The monoisotopic (exact) mass is 382 g/mol. The fourth-order valence-electron chi connectivity index (χ4n) is 5.45. The van der Waals surface area contributed by atoms with Crippen LogP contribution in [-0.4, -0.2) is 20.4 Å². The third-order valence-corrected chi connectivity index (χ3v) is 9.71. The van der Waals surface area contributed by atoms with Crippen LogP contribution in [0.1, 0.15) is 33.4 Å². The highest BCUT2D eigenvalue weighted by atomic mass is 24.5. The first-order valence-electron chi connectivity index (χ1n) is 10.6. The van der Waals surface area contributed by atoms with Gasteiger partial charge in [0.05, 0.1) is 0 Å². The summed E-state index contributed by atoms with van der Waals surface area (Å²) in [7, 11) is 0. The lowest BCUT2D eigenvalue weighted by atomic mass is 10.0. The Hall–Kier alpha value is -2.35. The Labute approximate surface area is 182 Å². The minimum Gasteiger partial charge on any atom is -0.158 e. The standard InChI is InChI=1S/2C14H11.Mg/c2*1-10-6-7-14-12(8-10)9-11-4-2-3-5-13(11)14;/h2*2-7H,9H2,1H3;. The number of rotatable bonds is 2. The number of hydrogen-bond donors (Lipinski definition) is 0. The van der Waals surface area contributed by atoms with E-state index >= 15 is 0 Å². The van der Waals surface area contributed by atoms with Crippen molar-refractivity contribution in [3.63, 3.8) is 0 Å². The zero-order valence-electron chi connectivity index (χ0n) is 17.0. The Morgan fingerprint density at radius 2 is 0.966 bits per heavy atom. The van der Waals surface area contributed by atoms with Crippen LogP contribution < -0.4 is 7.39 Å². The molecule has 0 amide bonds. The van der Waals surface area contributed by atoms with Gasteiger partial charge in [-0.1, -0.05) is 95.1 Å². The van der Waals surface area contributed by atoms with Crippen LogP contribution >= 0.6 is 0 Å². The summed E-state index contributed by atoms with van der Waals surface area (Å²) in [6.07, 6.45) is 2.20. The van der Waals surface area contributed by atoms with Crippen LogP contribution in [0.4, 0.5) is 0 Å². The summed E-state index contributed by atoms with van der Waals surface area (Å²) in [5.74, 6) is 0. The first-order chi connectivity index (χ1) is 14.2. The first-order valence-corrected chi connectivity index (χ1v) is 12.0. The third-order valence-electron chi connectivity index (χ3n) is 7.03. The fraction of sp³-hybridized carbons (Fsp3) is 0.143. The van der Waals surface area contributed by atoms with Gasteiger partial charge in [0.25, 0.3) is 0 Å². The highest BCUT2D eigenvalue weighted by Gasteiger charge is 2.26. The first kappa shape index (κ1) is 17.5. The Morgan fingerprint density at radius 3 is 1.45 bits per heavy atom. The molecule has 29 heavy (non-hydrogen) atoms. The maximum atomic E-state index is 2.36. The molecule has 2 aliphatic rings. The van der Waals surface area contributed by atoms with E-state index in [9.17, 15) is 0 Å². The normalized spacial score (nSPS) is 12.8. The van der Waals surface area contributed by atoms with E-state index in [4.69, 9.17) is 0 Å². The van der Waals surface area contributed by atoms with Gasteiger partial charge in [-0.05, 0) is 60.1 Å². The Kier molecular flexibility index (Phi) is 3.97. The van der Waals surface area contributed by atoms with Crippen LogP contribution in [-0.2, 0) is 12.8 Å². The molecule has 4 aromatic carbocycles. The lowest BCUT2D eigenvalue weighted by Gasteiger charge is -2.17. The molecule has 0 nitrogen and oxygen atoms in total. The lowest BCUT2D eigenvalue weighted by molar-refractivity contribution is 1.26. The second-order valence-electron chi connectivity index (χ2n) is 8.62. The van der Waals surface area contributed by atoms with E-state index in [2.05, 4.69) is 86.6 Å². The molecule has 0 aliphatic heterocycles. The summed E-state index contributed by atoms with van der Waals surface area (Å²) in [5.41, 5.74) is 15.0. The van der Waals surface area contributed by atoms with Crippen molar-refractivity contribution in [3.05, 3.63) is 106 Å². The van der Waals surface area contributed by atoms with Crippen LogP contribution in [0.3, 0.4) is 0 Å². The summed E-state index contributed by atoms with van der Waals surface area (Å²) >= 11 is -0.565. The molecule has 136 valence electrons. The van der Waals surface area contributed by atoms with Crippen molar-refractivity contribution >= 4 is 27.8 Å². The van der Waals surface area contributed by atoms with Crippen molar-refractivity contribution in [2.45, 2.75) is 26.7 Å². The van der Waals surface area contributed by atoms with Crippen molar-refractivity contribution in [1.29, 1.82) is 0 Å². The van der Waals surface area contributed by atoms with Crippen molar-refractivity contribution in [3.8, 4) is 22.3 Å². The van der Waals surface area contributed by atoms with E-state index in [1.54, 1.807) is 18.5 Å². The maximum absolute atomic E-state index is 2.36. The summed E-state index contributed by atoms with van der Waals surface area (Å²) in [4.78, 5) is 0. The largest absolute Gasteiger partial charge is 0.452 e. The van der Waals surface area contributed by atoms with E-state index in [1.807, 2.05) is 0 Å². The van der Waals surface area contributed by atoms with Gasteiger partial charge in [0, 0.05) is 0 Å². The van der Waals surface area contributed by atoms with Crippen molar-refractivity contribution in [2.24, 2.45) is 0 Å². The smallest absolute Gasteiger partial charge is 0.158 e. The summed E-state index contributed by atoms with van der Waals surface area (Å²) in [6.45, 7) is 4.64. The molecule has 2 aliphatic carbocycles. The fourth-order valence-corrected chi connectivity index (χ4v) is 7.66. The van der Waals surface area contributed by atoms with E-state index in [0.29, 0.717) is 0 Å². The Morgan fingerprint density at radius 1 is 0.517 bits per heavy atom. The quantitative estimate of drug-likeness (QED) is 0.365. The molecule has 6 rings (SSSR count). The Balaban J connectivity index is 1.49. The molecule has 0 unspecified atom stereocenters. The molecule has 0 saturated carbocycles. The van der Waals surface area contributed by atoms with Crippen LogP contribution in [0.25, 0.3) is 22.3 Å². The van der Waals surface area contributed by atoms with Crippen LogP contribution in [0.15, 0.2) is 72.8 Å². The SMILES string of the molecule is Cc1ccc2c([c]1[Mg][c]1c(C)ccc3c1Cc1ccccc1-3)Cc1ccccc1-2. The average molecular weight is 383 g/mol. The topological polar surface area (TPSA) is 0 Å². The molecule has 0 fully saturated rings. The molecule has 0 heterocycles. The zero-order valence-corrected chi connectivity index (χ0v) is 18.5. The molecule has 0 saturated heterocycles. The number of fused-ring (bicyclic) bond motifs is 6. The van der Waals surface area contributed by atoms with Crippen LogP contribution in [0.5, 0.6) is 0 Å². The van der Waals surface area contributed by atoms with Crippen LogP contribution in [0.2, 0.25) is 0 Å². The molecule has 0 atom stereocenters. The van der Waals surface area contributed by atoms with Gasteiger partial charge in [0.15, 0.2) is 0 Å². The van der Waals surface area contributed by atoms with Gasteiger partial charge in [-0.15, -0.1) is 0 Å². The van der Waals surface area contributed by atoms with Gasteiger partial charge in [0.2, 0.25) is 0 Å². The van der Waals surface area contributed by atoms with Crippen molar-refractivity contribution in [2.75, 3.05) is 0 Å². The number of aryl methyl sites for hydroxylation is 2. The van der Waals surface area contributed by atoms with E-state index in [1.165, 1.54) is 44.5 Å². The second-order valence-corrected chi connectivity index (χ2v) is 10.4. The minimum atomic E-state index is -0.565. The van der Waals surface area contributed by atoms with E-state index in [-0.39, 0.29) is 0 Å². The van der Waals surface area contributed by atoms with Gasteiger partial charge >= 0.3 is 20.4 Å². The molecule has 0 N–H and O–H groups in total. The molecule has 1 heteroatoms.